The zero-order valence-electron chi connectivity index (χ0n) is 14.2. The minimum Gasteiger partial charge on any atom is -0.166 e. The molecule has 28 heavy (non-hydrogen) atoms. The molecule has 0 radical (unpaired) electrons. The van der Waals surface area contributed by atoms with Crippen LogP contribution in [0, 0.1) is 0 Å². The fourth-order valence-electron chi connectivity index (χ4n) is 2.66. The standard InChI is InChI=1S/C21H11Br2Cl2N2O/c22-15-7-14(8-16(23)11-15)21-27-19(12-3-1-5-17(24)9-12)26-20(28-21)13-4-2-6-18(25)10-13/h1-11H/q+1. The SMILES string of the molecule is Clc1cccc(-c2nc(-c3cccc(Cl)c3)[o+]c(-c3cc(Br)cc(Br)c3)n2)c1. The Balaban J connectivity index is 1.95. The van der Waals surface area contributed by atoms with Gasteiger partial charge in [-0.2, -0.15) is 4.42 Å². The average molecular weight is 538 g/mol. The largest absolute Gasteiger partial charge is 0.464 e. The van der Waals surface area contributed by atoms with E-state index in [4.69, 9.17) is 27.6 Å². The van der Waals surface area contributed by atoms with Gasteiger partial charge >= 0.3 is 11.8 Å². The molecule has 0 atom stereocenters. The minimum absolute atomic E-state index is 0.415. The maximum absolute atomic E-state index is 6.16. The van der Waals surface area contributed by atoms with Gasteiger partial charge in [-0.25, -0.2) is 0 Å². The molecule has 0 saturated heterocycles. The highest BCUT2D eigenvalue weighted by Gasteiger charge is 2.25. The van der Waals surface area contributed by atoms with Crippen LogP contribution in [0.1, 0.15) is 0 Å². The van der Waals surface area contributed by atoms with Crippen molar-refractivity contribution in [1.29, 1.82) is 0 Å². The van der Waals surface area contributed by atoms with Gasteiger partial charge in [0.15, 0.2) is 5.82 Å². The Morgan fingerprint density at radius 1 is 0.643 bits per heavy atom. The molecule has 0 N–H and O–H groups in total. The molecule has 4 rings (SSSR count). The van der Waals surface area contributed by atoms with Crippen molar-refractivity contribution in [3.8, 4) is 34.3 Å². The molecule has 1 heterocycles. The van der Waals surface area contributed by atoms with Gasteiger partial charge in [0.1, 0.15) is 11.1 Å². The summed E-state index contributed by atoms with van der Waals surface area (Å²) >= 11 is 19.3. The fraction of sp³-hybridized carbons (Fsp3) is 0. The van der Waals surface area contributed by atoms with Crippen molar-refractivity contribution in [2.45, 2.75) is 0 Å². The molecule has 0 fully saturated rings. The second-order valence-corrected chi connectivity index (χ2v) is 8.64. The second-order valence-electron chi connectivity index (χ2n) is 5.94. The first-order valence-corrected chi connectivity index (χ1v) is 10.5. The van der Waals surface area contributed by atoms with Crippen LogP contribution < -0.4 is 0 Å². The van der Waals surface area contributed by atoms with Gasteiger partial charge in [-0.1, -0.05) is 73.3 Å². The molecule has 0 unspecified atom stereocenters. The van der Waals surface area contributed by atoms with Gasteiger partial charge in [0, 0.05) is 24.6 Å². The van der Waals surface area contributed by atoms with E-state index in [2.05, 4.69) is 41.8 Å². The Labute approximate surface area is 188 Å². The Bertz CT molecular complexity index is 1100. The average Bonchev–Trinajstić information content (AvgIpc) is 2.67. The van der Waals surface area contributed by atoms with Crippen LogP contribution in [0.2, 0.25) is 10.0 Å². The van der Waals surface area contributed by atoms with Crippen molar-refractivity contribution >= 4 is 55.1 Å². The monoisotopic (exact) mass is 535 g/mol. The van der Waals surface area contributed by atoms with Gasteiger partial charge in [-0.3, -0.25) is 0 Å². The van der Waals surface area contributed by atoms with Crippen molar-refractivity contribution in [1.82, 2.24) is 9.97 Å². The van der Waals surface area contributed by atoms with E-state index in [1.807, 2.05) is 54.6 Å². The van der Waals surface area contributed by atoms with Crippen LogP contribution in [0.4, 0.5) is 0 Å². The predicted molar refractivity (Wildman–Crippen MR) is 120 cm³/mol. The molecule has 0 spiro atoms. The van der Waals surface area contributed by atoms with Gasteiger partial charge in [0.25, 0.3) is 0 Å². The van der Waals surface area contributed by atoms with Crippen molar-refractivity contribution in [3.05, 3.63) is 85.7 Å². The van der Waals surface area contributed by atoms with E-state index in [1.165, 1.54) is 0 Å². The maximum Gasteiger partial charge on any atom is 0.464 e. The van der Waals surface area contributed by atoms with Gasteiger partial charge < -0.3 is 0 Å². The molecule has 0 aliphatic rings. The lowest BCUT2D eigenvalue weighted by atomic mass is 10.2. The highest BCUT2D eigenvalue weighted by Crippen LogP contribution is 2.32. The molecule has 0 aliphatic carbocycles. The van der Waals surface area contributed by atoms with Crippen molar-refractivity contribution < 1.29 is 4.42 Å². The summed E-state index contributed by atoms with van der Waals surface area (Å²) in [7, 11) is 0. The zero-order chi connectivity index (χ0) is 19.7. The van der Waals surface area contributed by atoms with Crippen LogP contribution in [-0.2, 0) is 0 Å². The lowest BCUT2D eigenvalue weighted by Gasteiger charge is -2.02. The molecule has 0 aliphatic heterocycles. The first-order chi connectivity index (χ1) is 13.5. The Morgan fingerprint density at radius 3 is 1.79 bits per heavy atom. The summed E-state index contributed by atoms with van der Waals surface area (Å²) in [6.45, 7) is 0. The molecule has 0 saturated carbocycles. The van der Waals surface area contributed by atoms with E-state index in [0.29, 0.717) is 27.7 Å². The van der Waals surface area contributed by atoms with E-state index >= 15 is 0 Å². The Hall–Kier alpha value is -1.79. The lowest BCUT2D eigenvalue weighted by Crippen LogP contribution is -1.96. The summed E-state index contributed by atoms with van der Waals surface area (Å²) in [4.78, 5) is 9.24. The molecule has 4 aromatic rings. The maximum atomic E-state index is 6.16. The first kappa shape index (κ1) is 19.5. The third kappa shape index (κ3) is 4.44. The van der Waals surface area contributed by atoms with Gasteiger partial charge in [-0.15, -0.1) is 9.97 Å². The van der Waals surface area contributed by atoms with Crippen LogP contribution >= 0.6 is 55.1 Å². The Morgan fingerprint density at radius 2 is 1.18 bits per heavy atom. The third-order valence-corrected chi connectivity index (χ3v) is 5.26. The molecule has 0 bridgehead atoms. The summed E-state index contributed by atoms with van der Waals surface area (Å²) in [5.41, 5.74) is 2.35. The lowest BCUT2D eigenvalue weighted by molar-refractivity contribution is 0.540. The number of benzene rings is 3. The summed E-state index contributed by atoms with van der Waals surface area (Å²) in [6.07, 6.45) is 0. The van der Waals surface area contributed by atoms with Crippen LogP contribution in [0.5, 0.6) is 0 Å². The fourth-order valence-corrected chi connectivity index (χ4v) is 4.33. The number of rotatable bonds is 3. The third-order valence-electron chi connectivity index (χ3n) is 3.87. The number of hydrogen-bond donors (Lipinski definition) is 0. The molecule has 138 valence electrons. The van der Waals surface area contributed by atoms with Crippen LogP contribution in [0.15, 0.2) is 80.1 Å². The number of halogens is 4. The van der Waals surface area contributed by atoms with Gasteiger partial charge in [0.05, 0.1) is 0 Å². The first-order valence-electron chi connectivity index (χ1n) is 8.18. The molecule has 3 nitrogen and oxygen atoms in total. The molecular weight excluding hydrogens is 527 g/mol. The molecule has 1 aromatic heterocycles. The van der Waals surface area contributed by atoms with Gasteiger partial charge in [0.2, 0.25) is 0 Å². The summed E-state index contributed by atoms with van der Waals surface area (Å²) in [6, 6.07) is 20.5. The van der Waals surface area contributed by atoms with Gasteiger partial charge in [-0.05, 0) is 48.5 Å². The summed E-state index contributed by atoms with van der Waals surface area (Å²) in [5.74, 6) is 1.36. The summed E-state index contributed by atoms with van der Waals surface area (Å²) in [5, 5.41) is 1.21. The highest BCUT2D eigenvalue weighted by molar-refractivity contribution is 9.11. The van der Waals surface area contributed by atoms with Crippen molar-refractivity contribution in [2.24, 2.45) is 0 Å². The van der Waals surface area contributed by atoms with Crippen LogP contribution in [0.3, 0.4) is 0 Å². The van der Waals surface area contributed by atoms with E-state index < -0.39 is 0 Å². The van der Waals surface area contributed by atoms with E-state index in [0.717, 1.165) is 25.6 Å². The molecular formula is C21H11Br2Cl2N2O+. The second kappa shape index (κ2) is 8.29. The summed E-state index contributed by atoms with van der Waals surface area (Å²) < 4.78 is 7.86. The van der Waals surface area contributed by atoms with Crippen molar-refractivity contribution in [2.75, 3.05) is 0 Å². The molecule has 0 amide bonds. The normalized spacial score (nSPS) is 10.9. The van der Waals surface area contributed by atoms with Crippen molar-refractivity contribution in [3.63, 3.8) is 0 Å². The molecule has 3 aromatic carbocycles. The van der Waals surface area contributed by atoms with E-state index in [-0.39, 0.29) is 0 Å². The van der Waals surface area contributed by atoms with Crippen LogP contribution in [0.25, 0.3) is 34.3 Å². The highest BCUT2D eigenvalue weighted by atomic mass is 79.9. The quantitative estimate of drug-likeness (QED) is 0.247. The molecule has 7 heteroatoms. The topological polar surface area (TPSA) is 37.1 Å². The van der Waals surface area contributed by atoms with E-state index in [1.54, 1.807) is 12.1 Å². The van der Waals surface area contributed by atoms with Crippen LogP contribution in [-0.4, -0.2) is 9.97 Å². The van der Waals surface area contributed by atoms with E-state index in [9.17, 15) is 0 Å². The zero-order valence-corrected chi connectivity index (χ0v) is 18.8. The number of hydrogen-bond acceptors (Lipinski definition) is 2. The smallest absolute Gasteiger partial charge is 0.166 e. The predicted octanol–water partition coefficient (Wildman–Crippen LogP) is 8.18. The Kier molecular flexibility index (Phi) is 5.78. The number of nitrogens with zero attached hydrogens (tertiary/aromatic N) is 2. The minimum atomic E-state index is 0.415. The number of aromatic nitrogens is 2.